The van der Waals surface area contributed by atoms with Crippen molar-refractivity contribution in [3.05, 3.63) is 83.7 Å². The first-order chi connectivity index (χ1) is 20.8. The monoisotopic (exact) mass is 586 g/mol. The van der Waals surface area contributed by atoms with Crippen molar-refractivity contribution in [3.63, 3.8) is 0 Å². The molecule has 1 saturated heterocycles. The van der Waals surface area contributed by atoms with Gasteiger partial charge in [0, 0.05) is 68.7 Å². The molecule has 3 aliphatic rings. The average molecular weight is 587 g/mol. The van der Waals surface area contributed by atoms with E-state index in [1.807, 2.05) is 36.3 Å². The van der Waals surface area contributed by atoms with Gasteiger partial charge in [0.25, 0.3) is 0 Å². The van der Waals surface area contributed by atoms with Crippen LogP contribution in [-0.4, -0.2) is 84.3 Å². The highest BCUT2D eigenvalue weighted by molar-refractivity contribution is 5.78. The van der Waals surface area contributed by atoms with Crippen molar-refractivity contribution in [2.45, 2.75) is 38.6 Å². The van der Waals surface area contributed by atoms with Gasteiger partial charge in [-0.2, -0.15) is 0 Å². The average Bonchev–Trinajstić information content (AvgIpc) is 2.96. The van der Waals surface area contributed by atoms with Crippen LogP contribution in [-0.2, 0) is 4.79 Å². The number of nitrogens with zero attached hydrogens (tertiary/aromatic N) is 5. The van der Waals surface area contributed by atoms with E-state index in [9.17, 15) is 9.90 Å². The number of para-hydroxylation sites is 1. The largest absolute Gasteiger partial charge is 0.507 e. The molecule has 1 aromatic carbocycles. The van der Waals surface area contributed by atoms with Crippen LogP contribution in [0.25, 0.3) is 5.70 Å². The van der Waals surface area contributed by atoms with E-state index in [0.717, 1.165) is 51.0 Å². The molecule has 43 heavy (non-hydrogen) atoms. The van der Waals surface area contributed by atoms with Gasteiger partial charge in [0.1, 0.15) is 17.9 Å². The molecular weight excluding hydrogens is 540 g/mol. The zero-order valence-corrected chi connectivity index (χ0v) is 25.2. The summed E-state index contributed by atoms with van der Waals surface area (Å²) in [6.07, 6.45) is 18.6. The van der Waals surface area contributed by atoms with Crippen LogP contribution in [0.1, 0.15) is 38.2 Å². The molecule has 1 aromatic rings. The molecule has 2 saturated carbocycles. The van der Waals surface area contributed by atoms with Gasteiger partial charge in [-0.1, -0.05) is 24.3 Å². The van der Waals surface area contributed by atoms with Crippen LogP contribution in [0.4, 0.5) is 0 Å². The van der Waals surface area contributed by atoms with Gasteiger partial charge in [-0.05, 0) is 69.0 Å². The van der Waals surface area contributed by atoms with Crippen LogP contribution in [0.3, 0.4) is 0 Å². The summed E-state index contributed by atoms with van der Waals surface area (Å²) < 4.78 is 0. The predicted octanol–water partition coefficient (Wildman–Crippen LogP) is 3.16. The van der Waals surface area contributed by atoms with Gasteiger partial charge in [-0.15, -0.1) is 0 Å². The molecule has 0 bridgehead atoms. The molecule has 1 spiro atoms. The highest BCUT2D eigenvalue weighted by Crippen LogP contribution is 2.59. The normalized spacial score (nSPS) is 24.8. The SMILES string of the molecule is C=N/C=C(\C=NC=CCN(C/C=C\C)C(/C=C(\N)c1ccccc1O)=C(N)N)N1CCN(C2CC3(CC(C=O)C3)C2)CC1. The second kappa shape index (κ2) is 14.7. The van der Waals surface area contributed by atoms with E-state index in [1.165, 1.54) is 12.8 Å². The lowest BCUT2D eigenvalue weighted by Crippen LogP contribution is -2.60. The van der Waals surface area contributed by atoms with Crippen LogP contribution in [0.5, 0.6) is 5.75 Å². The number of phenols is 1. The van der Waals surface area contributed by atoms with E-state index in [1.54, 1.807) is 42.7 Å². The summed E-state index contributed by atoms with van der Waals surface area (Å²) in [7, 11) is 0. The second-order valence-electron chi connectivity index (χ2n) is 11.7. The number of benzene rings is 1. The van der Waals surface area contributed by atoms with Gasteiger partial charge >= 0.3 is 0 Å². The first kappa shape index (κ1) is 31.6. The van der Waals surface area contributed by atoms with E-state index >= 15 is 0 Å². The van der Waals surface area contributed by atoms with Gasteiger partial charge in [-0.25, -0.2) is 0 Å². The third-order valence-electron chi connectivity index (χ3n) is 8.77. The Balaban J connectivity index is 1.33. The summed E-state index contributed by atoms with van der Waals surface area (Å²) in [5.41, 5.74) is 21.2. The molecule has 4 rings (SSSR count). The molecule has 7 N–H and O–H groups in total. The highest BCUT2D eigenvalue weighted by atomic mass is 16.3. The third kappa shape index (κ3) is 7.95. The Labute approximate surface area is 255 Å². The Morgan fingerprint density at radius 1 is 1.09 bits per heavy atom. The van der Waals surface area contributed by atoms with Crippen molar-refractivity contribution >= 4 is 24.9 Å². The number of piperazine rings is 1. The van der Waals surface area contributed by atoms with Crippen molar-refractivity contribution in [1.82, 2.24) is 14.7 Å². The van der Waals surface area contributed by atoms with Gasteiger partial charge in [-0.3, -0.25) is 14.9 Å². The number of carbonyl (C=O) groups excluding carboxylic acids is 1. The van der Waals surface area contributed by atoms with Crippen molar-refractivity contribution in [1.29, 1.82) is 0 Å². The van der Waals surface area contributed by atoms with E-state index in [0.29, 0.717) is 47.4 Å². The van der Waals surface area contributed by atoms with Crippen molar-refractivity contribution in [2.24, 2.45) is 38.5 Å². The van der Waals surface area contributed by atoms with Crippen LogP contribution < -0.4 is 17.2 Å². The quantitative estimate of drug-likeness (QED) is 0.119. The first-order valence-electron chi connectivity index (χ1n) is 14.9. The summed E-state index contributed by atoms with van der Waals surface area (Å²) in [4.78, 5) is 26.4. The molecule has 10 nitrogen and oxygen atoms in total. The molecule has 1 aliphatic heterocycles. The van der Waals surface area contributed by atoms with Crippen LogP contribution in [0, 0.1) is 11.3 Å². The number of carbonyl (C=O) groups is 1. The van der Waals surface area contributed by atoms with Crippen LogP contribution >= 0.6 is 0 Å². The molecule has 230 valence electrons. The van der Waals surface area contributed by atoms with Gasteiger partial charge < -0.3 is 36.9 Å². The lowest BCUT2D eigenvalue weighted by molar-refractivity contribution is -0.130. The molecule has 10 heteroatoms. The summed E-state index contributed by atoms with van der Waals surface area (Å²) >= 11 is 0. The van der Waals surface area contributed by atoms with Crippen molar-refractivity contribution in [3.8, 4) is 5.75 Å². The number of aliphatic imine (C=N–C) groups is 2. The van der Waals surface area contributed by atoms with Crippen LogP contribution in [0.2, 0.25) is 0 Å². The number of aldehydes is 1. The van der Waals surface area contributed by atoms with E-state index < -0.39 is 0 Å². The van der Waals surface area contributed by atoms with E-state index in [-0.39, 0.29) is 11.6 Å². The maximum atomic E-state index is 11.0. The lowest BCUT2D eigenvalue weighted by atomic mass is 9.50. The maximum absolute atomic E-state index is 11.0. The summed E-state index contributed by atoms with van der Waals surface area (Å²) in [5, 5.41) is 10.2. The van der Waals surface area contributed by atoms with Gasteiger partial charge in [0.05, 0.1) is 23.8 Å². The van der Waals surface area contributed by atoms with Gasteiger partial charge in [0.15, 0.2) is 0 Å². The van der Waals surface area contributed by atoms with E-state index in [4.69, 9.17) is 17.2 Å². The Kier molecular flexibility index (Phi) is 10.8. The number of rotatable bonds is 13. The molecule has 0 atom stereocenters. The number of nitrogens with two attached hydrogens (primary N) is 3. The summed E-state index contributed by atoms with van der Waals surface area (Å²) in [5.74, 6) is 0.499. The maximum Gasteiger partial charge on any atom is 0.124 e. The van der Waals surface area contributed by atoms with Crippen molar-refractivity contribution in [2.75, 3.05) is 39.3 Å². The fourth-order valence-electron chi connectivity index (χ4n) is 6.47. The molecule has 0 aromatic heterocycles. The minimum absolute atomic E-state index is 0.0820. The molecule has 0 radical (unpaired) electrons. The standard InChI is InChI=1S/C33H46N8O2/c1-3-4-11-41(30(32(35)36)17-29(34)28-8-5-6-9-31(28)43)12-7-10-38-23-27(22-37-2)40-15-13-39(14-16-40)26-20-33(21-26)18-25(19-33)24-42/h3-10,17,22-26,43H,2,11-16,18-21,34-36H2,1H3/b4-3-,10-7?,27-22+,29-17-,38-23?. The van der Waals surface area contributed by atoms with Crippen LogP contribution in [0.15, 0.2) is 88.2 Å². The topological polar surface area (TPSA) is 150 Å². The molecule has 0 unspecified atom stereocenters. The smallest absolute Gasteiger partial charge is 0.124 e. The molecular formula is C33H46N8O2. The third-order valence-corrected chi connectivity index (χ3v) is 8.77. The second-order valence-corrected chi connectivity index (χ2v) is 11.7. The minimum Gasteiger partial charge on any atom is -0.507 e. The number of allylic oxidation sites excluding steroid dienone is 3. The fourth-order valence-corrected chi connectivity index (χ4v) is 6.47. The highest BCUT2D eigenvalue weighted by Gasteiger charge is 2.54. The molecule has 1 heterocycles. The first-order valence-corrected chi connectivity index (χ1v) is 14.9. The molecule has 2 aliphatic carbocycles. The number of phenolic OH excluding ortho intramolecular Hbond substituents is 1. The summed E-state index contributed by atoms with van der Waals surface area (Å²) in [6, 6.07) is 7.50. The number of aromatic hydroxyl groups is 1. The Bertz CT molecular complexity index is 1300. The Morgan fingerprint density at radius 2 is 1.79 bits per heavy atom. The zero-order valence-electron chi connectivity index (χ0n) is 25.2. The Hall–Kier alpha value is -4.31. The molecule has 0 amide bonds. The Morgan fingerprint density at radius 3 is 2.42 bits per heavy atom. The minimum atomic E-state index is 0.0820. The van der Waals surface area contributed by atoms with Gasteiger partial charge in [0.2, 0.25) is 0 Å². The predicted molar refractivity (Wildman–Crippen MR) is 175 cm³/mol. The summed E-state index contributed by atoms with van der Waals surface area (Å²) in [6.45, 7) is 10.4. The van der Waals surface area contributed by atoms with E-state index in [2.05, 4.69) is 26.5 Å². The molecule has 3 fully saturated rings. The number of hydrogen-bond donors (Lipinski definition) is 4. The van der Waals surface area contributed by atoms with Crippen molar-refractivity contribution < 1.29 is 9.90 Å². The zero-order chi connectivity index (χ0) is 30.8. The lowest BCUT2D eigenvalue weighted by Gasteiger charge is -2.60. The fraction of sp³-hybridized carbons (Fsp3) is 0.424. The number of hydrogen-bond acceptors (Lipinski definition) is 10.